The Kier molecular flexibility index (Phi) is 6.80. The molecule has 4 rings (SSSR count). The highest BCUT2D eigenvalue weighted by Gasteiger charge is 2.38. The summed E-state index contributed by atoms with van der Waals surface area (Å²) in [6.45, 7) is 3.90. The predicted octanol–water partition coefficient (Wildman–Crippen LogP) is 3.56. The summed E-state index contributed by atoms with van der Waals surface area (Å²) >= 11 is 6.15. The van der Waals surface area contributed by atoms with Crippen molar-refractivity contribution in [2.45, 2.75) is 32.7 Å². The Labute approximate surface area is 193 Å². The predicted molar refractivity (Wildman–Crippen MR) is 124 cm³/mol. The molecule has 0 unspecified atom stereocenters. The number of hydrogen-bond acceptors (Lipinski definition) is 3. The molecule has 2 heterocycles. The molecule has 2 fully saturated rings. The van der Waals surface area contributed by atoms with E-state index < -0.39 is 0 Å². The molecular weight excluding hydrogens is 426 g/mol. The third-order valence-corrected chi connectivity index (χ3v) is 6.78. The standard InChI is InChI=1S/C25H28ClN3O3/c1-17-6-8-21(9-7-17)29-16-20(14-23(29)30)25(32)28-12-10-18(11-13-28)24(31)27-15-19-4-2-3-5-22(19)26/h2-9,18,20H,10-16H2,1H3,(H,27,31)/t20-/m0/s1. The van der Waals surface area contributed by atoms with Crippen molar-refractivity contribution < 1.29 is 14.4 Å². The van der Waals surface area contributed by atoms with Crippen LogP contribution in [0.1, 0.15) is 30.4 Å². The quantitative estimate of drug-likeness (QED) is 0.752. The number of carbonyl (C=O) groups excluding carboxylic acids is 3. The van der Waals surface area contributed by atoms with Crippen molar-refractivity contribution in [3.63, 3.8) is 0 Å². The molecule has 2 aromatic carbocycles. The number of anilines is 1. The smallest absolute Gasteiger partial charge is 0.228 e. The second-order valence-electron chi connectivity index (χ2n) is 8.65. The van der Waals surface area contributed by atoms with Crippen LogP contribution in [0.25, 0.3) is 0 Å². The van der Waals surface area contributed by atoms with Crippen LogP contribution >= 0.6 is 11.6 Å². The van der Waals surface area contributed by atoms with Gasteiger partial charge in [0.15, 0.2) is 0 Å². The van der Waals surface area contributed by atoms with Crippen LogP contribution in [-0.4, -0.2) is 42.3 Å². The van der Waals surface area contributed by atoms with Gasteiger partial charge in [0.25, 0.3) is 0 Å². The number of rotatable bonds is 5. The second-order valence-corrected chi connectivity index (χ2v) is 9.06. The Morgan fingerprint density at radius 2 is 1.72 bits per heavy atom. The molecule has 0 aliphatic carbocycles. The second kappa shape index (κ2) is 9.74. The van der Waals surface area contributed by atoms with Gasteiger partial charge < -0.3 is 15.1 Å². The van der Waals surface area contributed by atoms with Gasteiger partial charge in [0.2, 0.25) is 17.7 Å². The fourth-order valence-electron chi connectivity index (χ4n) is 4.44. The highest BCUT2D eigenvalue weighted by molar-refractivity contribution is 6.31. The van der Waals surface area contributed by atoms with Gasteiger partial charge in [0.1, 0.15) is 0 Å². The van der Waals surface area contributed by atoms with E-state index in [4.69, 9.17) is 11.6 Å². The van der Waals surface area contributed by atoms with E-state index in [0.29, 0.717) is 44.0 Å². The molecule has 2 aliphatic rings. The Morgan fingerprint density at radius 3 is 2.41 bits per heavy atom. The number of benzene rings is 2. The van der Waals surface area contributed by atoms with Crippen LogP contribution in [-0.2, 0) is 20.9 Å². The molecule has 0 spiro atoms. The summed E-state index contributed by atoms with van der Waals surface area (Å²) in [6.07, 6.45) is 1.50. The number of amides is 3. The van der Waals surface area contributed by atoms with Crippen molar-refractivity contribution >= 4 is 35.0 Å². The van der Waals surface area contributed by atoms with E-state index in [1.165, 1.54) is 0 Å². The third kappa shape index (κ3) is 4.96. The fraction of sp³-hybridized carbons (Fsp3) is 0.400. The fourth-order valence-corrected chi connectivity index (χ4v) is 4.64. The zero-order valence-corrected chi connectivity index (χ0v) is 19.0. The average molecular weight is 454 g/mol. The van der Waals surface area contributed by atoms with Crippen molar-refractivity contribution in [2.24, 2.45) is 11.8 Å². The molecule has 32 heavy (non-hydrogen) atoms. The van der Waals surface area contributed by atoms with Gasteiger partial charge in [0, 0.05) is 49.2 Å². The number of halogens is 1. The van der Waals surface area contributed by atoms with Gasteiger partial charge in [-0.25, -0.2) is 0 Å². The molecule has 1 N–H and O–H groups in total. The molecule has 7 heteroatoms. The molecule has 3 amide bonds. The first-order valence-corrected chi connectivity index (χ1v) is 11.5. The molecule has 0 aromatic heterocycles. The van der Waals surface area contributed by atoms with E-state index in [0.717, 1.165) is 16.8 Å². The number of nitrogens with one attached hydrogen (secondary N) is 1. The van der Waals surface area contributed by atoms with Gasteiger partial charge in [-0.05, 0) is 43.5 Å². The lowest BCUT2D eigenvalue weighted by molar-refractivity contribution is -0.139. The lowest BCUT2D eigenvalue weighted by Crippen LogP contribution is -2.45. The van der Waals surface area contributed by atoms with Crippen LogP contribution in [0.15, 0.2) is 48.5 Å². The van der Waals surface area contributed by atoms with Crippen molar-refractivity contribution in [3.05, 3.63) is 64.7 Å². The largest absolute Gasteiger partial charge is 0.352 e. The van der Waals surface area contributed by atoms with Gasteiger partial charge in [-0.15, -0.1) is 0 Å². The van der Waals surface area contributed by atoms with Gasteiger partial charge in [-0.2, -0.15) is 0 Å². The molecule has 2 saturated heterocycles. The van der Waals surface area contributed by atoms with E-state index in [1.54, 1.807) is 11.0 Å². The zero-order chi connectivity index (χ0) is 22.7. The SMILES string of the molecule is Cc1ccc(N2C[C@@H](C(=O)N3CCC(C(=O)NCc4ccccc4Cl)CC3)CC2=O)cc1. The van der Waals surface area contributed by atoms with Crippen LogP contribution in [0.4, 0.5) is 5.69 Å². The van der Waals surface area contributed by atoms with Crippen LogP contribution in [0.5, 0.6) is 0 Å². The average Bonchev–Trinajstić information content (AvgIpc) is 3.20. The molecule has 0 saturated carbocycles. The third-order valence-electron chi connectivity index (χ3n) is 6.41. The zero-order valence-electron chi connectivity index (χ0n) is 18.2. The lowest BCUT2D eigenvalue weighted by atomic mass is 9.94. The Hall–Kier alpha value is -2.86. The summed E-state index contributed by atoms with van der Waals surface area (Å²) in [6, 6.07) is 15.2. The highest BCUT2D eigenvalue weighted by atomic mass is 35.5. The van der Waals surface area contributed by atoms with Crippen molar-refractivity contribution in [1.82, 2.24) is 10.2 Å². The first kappa shape index (κ1) is 22.3. The van der Waals surface area contributed by atoms with E-state index in [2.05, 4.69) is 5.32 Å². The summed E-state index contributed by atoms with van der Waals surface area (Å²) in [4.78, 5) is 41.6. The number of piperidine rings is 1. The van der Waals surface area contributed by atoms with E-state index in [9.17, 15) is 14.4 Å². The maximum Gasteiger partial charge on any atom is 0.228 e. The van der Waals surface area contributed by atoms with Crippen LogP contribution in [0, 0.1) is 18.8 Å². The van der Waals surface area contributed by atoms with Crippen molar-refractivity contribution in [3.8, 4) is 0 Å². The molecule has 0 bridgehead atoms. The number of carbonyl (C=O) groups is 3. The monoisotopic (exact) mass is 453 g/mol. The molecule has 1 atom stereocenters. The molecule has 168 valence electrons. The van der Waals surface area contributed by atoms with Crippen LogP contribution in [0.3, 0.4) is 0 Å². The summed E-state index contributed by atoms with van der Waals surface area (Å²) in [5, 5.41) is 3.60. The maximum absolute atomic E-state index is 13.0. The minimum absolute atomic E-state index is 0.00129. The molecule has 0 radical (unpaired) electrons. The molecular formula is C25H28ClN3O3. The molecule has 6 nitrogen and oxygen atoms in total. The highest BCUT2D eigenvalue weighted by Crippen LogP contribution is 2.28. The lowest BCUT2D eigenvalue weighted by Gasteiger charge is -2.33. The van der Waals surface area contributed by atoms with Crippen LogP contribution in [0.2, 0.25) is 5.02 Å². The van der Waals surface area contributed by atoms with Crippen LogP contribution < -0.4 is 10.2 Å². The van der Waals surface area contributed by atoms with Gasteiger partial charge in [0.05, 0.1) is 5.92 Å². The molecule has 2 aromatic rings. The van der Waals surface area contributed by atoms with Gasteiger partial charge >= 0.3 is 0 Å². The van der Waals surface area contributed by atoms with E-state index in [1.807, 2.05) is 54.3 Å². The van der Waals surface area contributed by atoms with Gasteiger partial charge in [-0.1, -0.05) is 47.5 Å². The normalized spacial score (nSPS) is 19.3. The Balaban J connectivity index is 1.27. The minimum atomic E-state index is -0.325. The number of hydrogen-bond donors (Lipinski definition) is 1. The maximum atomic E-state index is 13.0. The first-order chi connectivity index (χ1) is 15.4. The first-order valence-electron chi connectivity index (χ1n) is 11.1. The Bertz CT molecular complexity index is 1000. The van der Waals surface area contributed by atoms with E-state index in [-0.39, 0.29) is 36.0 Å². The number of nitrogens with zero attached hydrogens (tertiary/aromatic N) is 2. The van der Waals surface area contributed by atoms with E-state index >= 15 is 0 Å². The number of likely N-dealkylation sites (tertiary alicyclic amines) is 1. The topological polar surface area (TPSA) is 69.7 Å². The summed E-state index contributed by atoms with van der Waals surface area (Å²) in [5.41, 5.74) is 2.86. The minimum Gasteiger partial charge on any atom is -0.352 e. The van der Waals surface area contributed by atoms with Crippen molar-refractivity contribution in [2.75, 3.05) is 24.5 Å². The summed E-state index contributed by atoms with van der Waals surface area (Å²) in [7, 11) is 0. The van der Waals surface area contributed by atoms with Gasteiger partial charge in [-0.3, -0.25) is 14.4 Å². The summed E-state index contributed by atoms with van der Waals surface area (Å²) in [5.74, 6) is -0.437. The van der Waals surface area contributed by atoms with Crippen molar-refractivity contribution in [1.29, 1.82) is 0 Å². The Morgan fingerprint density at radius 1 is 1.03 bits per heavy atom. The summed E-state index contributed by atoms with van der Waals surface area (Å²) < 4.78 is 0. The molecule has 2 aliphatic heterocycles. The number of aryl methyl sites for hydroxylation is 1.